The first-order valence-electron chi connectivity index (χ1n) is 5.46. The van der Waals surface area contributed by atoms with Crippen molar-refractivity contribution in [1.29, 1.82) is 0 Å². The monoisotopic (exact) mass is 258 g/mol. The quantitative estimate of drug-likeness (QED) is 0.461. The van der Waals surface area contributed by atoms with Gasteiger partial charge in [0.2, 0.25) is 0 Å². The van der Waals surface area contributed by atoms with E-state index in [4.69, 9.17) is 15.4 Å². The Morgan fingerprint density at radius 1 is 1.50 bits per heavy atom. The van der Waals surface area contributed by atoms with E-state index >= 15 is 0 Å². The van der Waals surface area contributed by atoms with Gasteiger partial charge in [-0.15, -0.1) is 0 Å². The number of nitrogens with zero attached hydrogens (tertiary/aromatic N) is 4. The zero-order valence-corrected chi connectivity index (χ0v) is 11.0. The van der Waals surface area contributed by atoms with Gasteiger partial charge in [-0.3, -0.25) is 4.90 Å². The van der Waals surface area contributed by atoms with Gasteiger partial charge in [0.1, 0.15) is 11.6 Å². The Morgan fingerprint density at radius 3 is 2.39 bits per heavy atom. The van der Waals surface area contributed by atoms with Crippen LogP contribution >= 0.6 is 0 Å². The second-order valence-electron chi connectivity index (χ2n) is 4.53. The lowest BCUT2D eigenvalue weighted by Gasteiger charge is -2.29. The molecule has 0 bridgehead atoms. The summed E-state index contributed by atoms with van der Waals surface area (Å²) in [5.74, 6) is -1.24. The Kier molecular flexibility index (Phi) is 5.98. The van der Waals surface area contributed by atoms with Gasteiger partial charge in [0.25, 0.3) is 0 Å². The minimum absolute atomic E-state index is 0.146. The Balaban J connectivity index is 4.94. The highest BCUT2D eigenvalue weighted by Gasteiger charge is 2.31. The van der Waals surface area contributed by atoms with E-state index in [9.17, 15) is 9.59 Å². The number of carboxylic acid groups (broad SMARTS) is 1. The van der Waals surface area contributed by atoms with Gasteiger partial charge in [0.05, 0.1) is 6.54 Å². The van der Waals surface area contributed by atoms with Crippen molar-refractivity contribution in [1.82, 2.24) is 4.90 Å². The molecule has 0 fully saturated rings. The summed E-state index contributed by atoms with van der Waals surface area (Å²) in [6, 6.07) is -1.22. The Bertz CT molecular complexity index is 357. The fraction of sp³-hybridized carbons (Fsp3) is 0.800. The van der Waals surface area contributed by atoms with Crippen molar-refractivity contribution in [3.63, 3.8) is 0 Å². The molecule has 8 heteroatoms. The van der Waals surface area contributed by atoms with Gasteiger partial charge < -0.3 is 9.84 Å². The van der Waals surface area contributed by atoms with Crippen LogP contribution in [0.5, 0.6) is 0 Å². The maximum absolute atomic E-state index is 11.8. The number of hydrogen-bond donors (Lipinski definition) is 1. The van der Waals surface area contributed by atoms with Crippen molar-refractivity contribution in [3.8, 4) is 0 Å². The van der Waals surface area contributed by atoms with Crippen molar-refractivity contribution >= 4 is 12.1 Å². The van der Waals surface area contributed by atoms with Gasteiger partial charge >= 0.3 is 12.1 Å². The van der Waals surface area contributed by atoms with E-state index < -0.39 is 23.7 Å². The number of carbonyl (C=O) groups is 2. The molecule has 0 aliphatic carbocycles. The molecular weight excluding hydrogens is 240 g/mol. The number of carboxylic acids is 1. The average molecular weight is 258 g/mol. The molecule has 102 valence electrons. The number of rotatable bonds is 5. The van der Waals surface area contributed by atoms with Crippen molar-refractivity contribution in [2.24, 2.45) is 5.11 Å². The van der Waals surface area contributed by atoms with E-state index in [1.54, 1.807) is 27.7 Å². The smallest absolute Gasteiger partial charge is 0.411 e. The van der Waals surface area contributed by atoms with Crippen LogP contribution in [0.3, 0.4) is 0 Å². The van der Waals surface area contributed by atoms with Gasteiger partial charge in [-0.05, 0) is 33.2 Å². The number of likely N-dealkylation sites (N-methyl/N-ethyl adjacent to an activating group) is 1. The van der Waals surface area contributed by atoms with Gasteiger partial charge in [-0.25, -0.2) is 9.59 Å². The first-order chi connectivity index (χ1) is 8.22. The molecule has 0 saturated carbocycles. The summed E-state index contributed by atoms with van der Waals surface area (Å²) in [6.07, 6.45) is -0.745. The van der Waals surface area contributed by atoms with Gasteiger partial charge in [0.15, 0.2) is 0 Å². The Labute approximate surface area is 105 Å². The molecule has 1 atom stereocenters. The van der Waals surface area contributed by atoms with Crippen LogP contribution in [-0.4, -0.2) is 46.8 Å². The van der Waals surface area contributed by atoms with E-state index in [1.807, 2.05) is 0 Å². The first-order valence-corrected chi connectivity index (χ1v) is 5.46. The third kappa shape index (κ3) is 5.40. The number of aliphatic carboxylic acids is 1. The van der Waals surface area contributed by atoms with E-state index in [1.165, 1.54) is 0 Å². The van der Waals surface area contributed by atoms with Gasteiger partial charge in [-0.2, -0.15) is 0 Å². The standard InChI is InChI=1S/C10H18N4O4/c1-5-14(9(17)18-10(2,3)4)7(8(15)16)6-12-13-11/h7H,5-6H2,1-4H3,(H,15,16). The van der Waals surface area contributed by atoms with E-state index in [0.29, 0.717) is 0 Å². The van der Waals surface area contributed by atoms with Crippen LogP contribution in [0.4, 0.5) is 4.79 Å². The SMILES string of the molecule is CCN(C(=O)OC(C)(C)C)C(CN=[N+]=[N-])C(=O)O. The van der Waals surface area contributed by atoms with Gasteiger partial charge in [0, 0.05) is 11.5 Å². The molecule has 8 nitrogen and oxygen atoms in total. The molecule has 1 unspecified atom stereocenters. The minimum atomic E-state index is -1.24. The van der Waals surface area contributed by atoms with Crippen LogP contribution < -0.4 is 0 Å². The molecular formula is C10H18N4O4. The molecule has 1 N–H and O–H groups in total. The number of amides is 1. The second kappa shape index (κ2) is 6.70. The lowest BCUT2D eigenvalue weighted by atomic mass is 10.2. The fourth-order valence-corrected chi connectivity index (χ4v) is 1.22. The second-order valence-corrected chi connectivity index (χ2v) is 4.53. The minimum Gasteiger partial charge on any atom is -0.480 e. The van der Waals surface area contributed by atoms with E-state index in [0.717, 1.165) is 4.90 Å². The highest BCUT2D eigenvalue weighted by molar-refractivity contribution is 5.80. The predicted octanol–water partition coefficient (Wildman–Crippen LogP) is 2.01. The Hall–Kier alpha value is -1.95. The summed E-state index contributed by atoms with van der Waals surface area (Å²) in [7, 11) is 0. The molecule has 0 spiro atoms. The van der Waals surface area contributed by atoms with E-state index in [-0.39, 0.29) is 13.1 Å². The zero-order valence-electron chi connectivity index (χ0n) is 11.0. The topological polar surface area (TPSA) is 116 Å². The van der Waals surface area contributed by atoms with Crippen molar-refractivity contribution in [2.45, 2.75) is 39.3 Å². The molecule has 0 saturated heterocycles. The van der Waals surface area contributed by atoms with Crippen LogP contribution in [0.25, 0.3) is 10.4 Å². The van der Waals surface area contributed by atoms with E-state index in [2.05, 4.69) is 10.0 Å². The summed E-state index contributed by atoms with van der Waals surface area (Å²) in [6.45, 7) is 6.48. The molecule has 0 aromatic rings. The maximum atomic E-state index is 11.8. The molecule has 0 aliphatic rings. The van der Waals surface area contributed by atoms with Crippen LogP contribution in [0.15, 0.2) is 5.11 Å². The van der Waals surface area contributed by atoms with Crippen LogP contribution in [0.2, 0.25) is 0 Å². The van der Waals surface area contributed by atoms with Crippen LogP contribution in [0, 0.1) is 0 Å². The molecule has 0 aromatic heterocycles. The Morgan fingerprint density at radius 2 is 2.06 bits per heavy atom. The number of ether oxygens (including phenoxy) is 1. The average Bonchev–Trinajstić information content (AvgIpc) is 2.20. The summed E-state index contributed by atoms with van der Waals surface area (Å²) >= 11 is 0. The lowest BCUT2D eigenvalue weighted by molar-refractivity contribution is -0.142. The van der Waals surface area contributed by atoms with Gasteiger partial charge in [-0.1, -0.05) is 5.11 Å². The summed E-state index contributed by atoms with van der Waals surface area (Å²) < 4.78 is 5.09. The number of carbonyl (C=O) groups excluding carboxylic acids is 1. The number of azide groups is 1. The van der Waals surface area contributed by atoms with Crippen LogP contribution in [0.1, 0.15) is 27.7 Å². The fourth-order valence-electron chi connectivity index (χ4n) is 1.22. The molecule has 0 aliphatic heterocycles. The predicted molar refractivity (Wildman–Crippen MR) is 64.1 cm³/mol. The lowest BCUT2D eigenvalue weighted by Crippen LogP contribution is -2.48. The third-order valence-corrected chi connectivity index (χ3v) is 1.95. The normalized spacial score (nSPS) is 12.2. The van der Waals surface area contributed by atoms with Crippen molar-refractivity contribution in [3.05, 3.63) is 10.4 Å². The molecule has 0 rings (SSSR count). The van der Waals surface area contributed by atoms with Crippen molar-refractivity contribution in [2.75, 3.05) is 13.1 Å². The molecule has 0 radical (unpaired) electrons. The highest BCUT2D eigenvalue weighted by Crippen LogP contribution is 2.12. The first kappa shape index (κ1) is 16.1. The summed E-state index contributed by atoms with van der Waals surface area (Å²) in [4.78, 5) is 26.4. The van der Waals surface area contributed by atoms with Crippen LogP contribution in [-0.2, 0) is 9.53 Å². The maximum Gasteiger partial charge on any atom is 0.411 e. The van der Waals surface area contributed by atoms with Crippen molar-refractivity contribution < 1.29 is 19.4 Å². The summed E-state index contributed by atoms with van der Waals surface area (Å²) in [5.41, 5.74) is 7.49. The number of hydrogen-bond acceptors (Lipinski definition) is 4. The third-order valence-electron chi connectivity index (χ3n) is 1.95. The molecule has 0 aromatic carbocycles. The highest BCUT2D eigenvalue weighted by atomic mass is 16.6. The molecule has 18 heavy (non-hydrogen) atoms. The summed E-state index contributed by atoms with van der Waals surface area (Å²) in [5, 5.41) is 12.2. The largest absolute Gasteiger partial charge is 0.480 e. The molecule has 1 amide bonds. The molecule has 0 heterocycles. The zero-order chi connectivity index (χ0) is 14.3.